The predicted molar refractivity (Wildman–Crippen MR) is 63.4 cm³/mol. The van der Waals surface area contributed by atoms with Gasteiger partial charge in [0.1, 0.15) is 6.04 Å². The number of rotatable bonds is 7. The molecule has 0 aromatic heterocycles. The summed E-state index contributed by atoms with van der Waals surface area (Å²) < 4.78 is 0. The molecule has 0 aromatic carbocycles. The summed E-state index contributed by atoms with van der Waals surface area (Å²) in [6, 6.07) is -0.590. The molecule has 0 fully saturated rings. The number of carbonyl (C=O) groups excluding carboxylic acids is 2. The van der Waals surface area contributed by atoms with Gasteiger partial charge in [-0.2, -0.15) is 0 Å². The van der Waals surface area contributed by atoms with Crippen molar-refractivity contribution in [3.63, 3.8) is 0 Å². The summed E-state index contributed by atoms with van der Waals surface area (Å²) in [4.78, 5) is 22.8. The van der Waals surface area contributed by atoms with Crippen molar-refractivity contribution >= 4 is 11.8 Å². The third-order valence-corrected chi connectivity index (χ3v) is 2.56. The number of amides is 2. The van der Waals surface area contributed by atoms with Crippen molar-refractivity contribution in [1.29, 1.82) is 0 Å². The van der Waals surface area contributed by atoms with E-state index in [1.165, 1.54) is 0 Å². The van der Waals surface area contributed by atoms with Crippen molar-refractivity contribution in [3.8, 4) is 0 Å². The molecule has 0 saturated carbocycles. The van der Waals surface area contributed by atoms with E-state index in [0.717, 1.165) is 12.8 Å². The van der Waals surface area contributed by atoms with Gasteiger partial charge in [-0.05, 0) is 25.3 Å². The monoisotopic (exact) mass is 229 g/mol. The Kier molecular flexibility index (Phi) is 6.72. The zero-order chi connectivity index (χ0) is 12.7. The van der Waals surface area contributed by atoms with Crippen LogP contribution in [0.2, 0.25) is 0 Å². The Morgan fingerprint density at radius 3 is 2.19 bits per heavy atom. The van der Waals surface area contributed by atoms with Crippen molar-refractivity contribution in [1.82, 2.24) is 5.32 Å². The van der Waals surface area contributed by atoms with Crippen LogP contribution in [0.4, 0.5) is 0 Å². The smallest absolute Gasteiger partial charge is 0.240 e. The molecule has 0 heterocycles. The summed E-state index contributed by atoms with van der Waals surface area (Å²) >= 11 is 0. The second kappa shape index (κ2) is 7.22. The van der Waals surface area contributed by atoms with Gasteiger partial charge in [0.15, 0.2) is 0 Å². The first-order chi connectivity index (χ1) is 7.40. The van der Waals surface area contributed by atoms with Gasteiger partial charge in [0.2, 0.25) is 11.8 Å². The molecule has 5 heteroatoms. The van der Waals surface area contributed by atoms with Crippen LogP contribution < -0.4 is 16.8 Å². The van der Waals surface area contributed by atoms with Crippen LogP contribution in [0, 0.1) is 11.8 Å². The summed E-state index contributed by atoms with van der Waals surface area (Å²) in [6.45, 7) is 6.09. The first-order valence-electron chi connectivity index (χ1n) is 5.69. The summed E-state index contributed by atoms with van der Waals surface area (Å²) in [6.07, 6.45) is 1.53. The maximum atomic E-state index is 11.7. The van der Waals surface area contributed by atoms with E-state index in [2.05, 4.69) is 5.32 Å². The lowest BCUT2D eigenvalue weighted by Crippen LogP contribution is -2.49. The first-order valence-corrected chi connectivity index (χ1v) is 5.69. The van der Waals surface area contributed by atoms with E-state index in [9.17, 15) is 9.59 Å². The molecule has 5 N–H and O–H groups in total. The van der Waals surface area contributed by atoms with Crippen molar-refractivity contribution in [3.05, 3.63) is 0 Å². The molecule has 0 aromatic rings. The van der Waals surface area contributed by atoms with E-state index in [1.807, 2.05) is 20.8 Å². The van der Waals surface area contributed by atoms with E-state index in [1.54, 1.807) is 0 Å². The Morgan fingerprint density at radius 1 is 1.25 bits per heavy atom. The normalized spacial score (nSPS) is 14.6. The second-order valence-electron chi connectivity index (χ2n) is 4.46. The maximum absolute atomic E-state index is 11.7. The highest BCUT2D eigenvalue weighted by Crippen LogP contribution is 2.07. The molecular weight excluding hydrogens is 206 g/mol. The lowest BCUT2D eigenvalue weighted by atomic mass is 10.0. The highest BCUT2D eigenvalue weighted by atomic mass is 16.2. The first kappa shape index (κ1) is 14.9. The zero-order valence-corrected chi connectivity index (χ0v) is 10.3. The van der Waals surface area contributed by atoms with Gasteiger partial charge >= 0.3 is 0 Å². The Bertz CT molecular complexity index is 241. The van der Waals surface area contributed by atoms with E-state index in [4.69, 9.17) is 11.5 Å². The quantitative estimate of drug-likeness (QED) is 0.572. The fourth-order valence-corrected chi connectivity index (χ4v) is 1.42. The number of hydrogen-bond donors (Lipinski definition) is 3. The Labute approximate surface area is 96.9 Å². The number of nitrogens with two attached hydrogens (primary N) is 2. The fraction of sp³-hybridized carbons (Fsp3) is 0.818. The van der Waals surface area contributed by atoms with Crippen LogP contribution >= 0.6 is 0 Å². The van der Waals surface area contributed by atoms with Gasteiger partial charge in [-0.25, -0.2) is 0 Å². The SMILES string of the molecule is CC(CCCN)C(=O)NC(C(N)=O)C(C)C. The molecule has 0 aliphatic carbocycles. The van der Waals surface area contributed by atoms with Crippen LogP contribution in [0.25, 0.3) is 0 Å². The van der Waals surface area contributed by atoms with Crippen LogP contribution in [0.1, 0.15) is 33.6 Å². The van der Waals surface area contributed by atoms with E-state index in [-0.39, 0.29) is 17.7 Å². The molecule has 0 saturated heterocycles. The van der Waals surface area contributed by atoms with Crippen molar-refractivity contribution in [2.24, 2.45) is 23.3 Å². The Hall–Kier alpha value is -1.10. The number of carbonyl (C=O) groups is 2. The minimum absolute atomic E-state index is 0.00292. The lowest BCUT2D eigenvalue weighted by Gasteiger charge is -2.21. The Morgan fingerprint density at radius 2 is 1.81 bits per heavy atom. The molecule has 0 bridgehead atoms. The molecule has 2 unspecified atom stereocenters. The summed E-state index contributed by atoms with van der Waals surface area (Å²) in [5.74, 6) is -0.757. The molecule has 0 radical (unpaired) electrons. The average molecular weight is 229 g/mol. The standard InChI is InChI=1S/C11H23N3O2/c1-7(2)9(10(13)15)14-11(16)8(3)5-4-6-12/h7-9H,4-6,12H2,1-3H3,(H2,13,15)(H,14,16). The third-order valence-electron chi connectivity index (χ3n) is 2.56. The van der Waals surface area contributed by atoms with Crippen LogP contribution in [0.15, 0.2) is 0 Å². The van der Waals surface area contributed by atoms with E-state index < -0.39 is 11.9 Å². The van der Waals surface area contributed by atoms with Gasteiger partial charge in [0.25, 0.3) is 0 Å². The van der Waals surface area contributed by atoms with Crippen LogP contribution in [-0.4, -0.2) is 24.4 Å². The molecule has 0 aliphatic rings. The molecular formula is C11H23N3O2. The third kappa shape index (κ3) is 5.11. The molecule has 94 valence electrons. The highest BCUT2D eigenvalue weighted by Gasteiger charge is 2.23. The van der Waals surface area contributed by atoms with Gasteiger partial charge in [-0.3, -0.25) is 9.59 Å². The Balaban J connectivity index is 4.24. The van der Waals surface area contributed by atoms with Crippen molar-refractivity contribution < 1.29 is 9.59 Å². The molecule has 0 spiro atoms. The van der Waals surface area contributed by atoms with E-state index >= 15 is 0 Å². The van der Waals surface area contributed by atoms with Crippen LogP contribution in [0.5, 0.6) is 0 Å². The topological polar surface area (TPSA) is 98.2 Å². The van der Waals surface area contributed by atoms with Crippen molar-refractivity contribution in [2.45, 2.75) is 39.7 Å². The minimum atomic E-state index is -0.590. The number of nitrogens with one attached hydrogen (secondary N) is 1. The average Bonchev–Trinajstić information content (AvgIpc) is 2.20. The summed E-state index contributed by atoms with van der Waals surface area (Å²) in [7, 11) is 0. The summed E-state index contributed by atoms with van der Waals surface area (Å²) in [5, 5.41) is 2.67. The molecule has 5 nitrogen and oxygen atoms in total. The number of hydrogen-bond acceptors (Lipinski definition) is 3. The van der Waals surface area contributed by atoms with Gasteiger partial charge in [0, 0.05) is 5.92 Å². The van der Waals surface area contributed by atoms with Crippen molar-refractivity contribution in [2.75, 3.05) is 6.54 Å². The summed E-state index contributed by atoms with van der Waals surface area (Å²) in [5.41, 5.74) is 10.6. The minimum Gasteiger partial charge on any atom is -0.368 e. The van der Waals surface area contributed by atoms with Gasteiger partial charge < -0.3 is 16.8 Å². The lowest BCUT2D eigenvalue weighted by molar-refractivity contribution is -0.130. The fourth-order valence-electron chi connectivity index (χ4n) is 1.42. The largest absolute Gasteiger partial charge is 0.368 e. The van der Waals surface area contributed by atoms with Gasteiger partial charge in [-0.1, -0.05) is 20.8 Å². The van der Waals surface area contributed by atoms with Crippen LogP contribution in [-0.2, 0) is 9.59 Å². The molecule has 0 rings (SSSR count). The zero-order valence-electron chi connectivity index (χ0n) is 10.3. The molecule has 2 amide bonds. The predicted octanol–water partition coefficient (Wildman–Crippen LogP) is -0.0125. The van der Waals surface area contributed by atoms with Gasteiger partial charge in [-0.15, -0.1) is 0 Å². The second-order valence-corrected chi connectivity index (χ2v) is 4.46. The van der Waals surface area contributed by atoms with Gasteiger partial charge in [0.05, 0.1) is 0 Å². The van der Waals surface area contributed by atoms with Crippen LogP contribution in [0.3, 0.4) is 0 Å². The highest BCUT2D eigenvalue weighted by molar-refractivity contribution is 5.87. The maximum Gasteiger partial charge on any atom is 0.240 e. The van der Waals surface area contributed by atoms with E-state index in [0.29, 0.717) is 6.54 Å². The molecule has 16 heavy (non-hydrogen) atoms. The molecule has 2 atom stereocenters. The number of primary amides is 1. The molecule has 0 aliphatic heterocycles.